The number of ether oxygens (including phenoxy) is 2. The first-order chi connectivity index (χ1) is 16.3. The lowest BCUT2D eigenvalue weighted by Crippen LogP contribution is -2.21. The summed E-state index contributed by atoms with van der Waals surface area (Å²) in [5.74, 6) is -0.745. The second-order valence-corrected chi connectivity index (χ2v) is 9.22. The Kier molecular flexibility index (Phi) is 8.90. The number of hydrogen-bond donors (Lipinski definition) is 0. The molecule has 0 radical (unpaired) electrons. The van der Waals surface area contributed by atoms with Crippen LogP contribution in [0.3, 0.4) is 0 Å². The molecule has 0 aliphatic rings. The van der Waals surface area contributed by atoms with E-state index in [4.69, 9.17) is 21.1 Å². The van der Waals surface area contributed by atoms with Crippen LogP contribution in [0.5, 0.6) is 0 Å². The average molecular weight is 545 g/mol. The minimum Gasteiger partial charge on any atom is -0.461 e. The summed E-state index contributed by atoms with van der Waals surface area (Å²) in [7, 11) is 1.64. The summed E-state index contributed by atoms with van der Waals surface area (Å²) in [5.41, 5.74) is 4.64. The zero-order chi connectivity index (χ0) is 24.8. The average Bonchev–Trinajstić information content (AvgIpc) is 3.17. The molecule has 2 aromatic carbocycles. The van der Waals surface area contributed by atoms with Gasteiger partial charge in [-0.3, -0.25) is 0 Å². The van der Waals surface area contributed by atoms with Crippen molar-refractivity contribution in [3.8, 4) is 6.07 Å². The molecular formula is C26H27BrClN3O3. The van der Waals surface area contributed by atoms with Crippen LogP contribution in [0, 0.1) is 18.3 Å². The second-order valence-electron chi connectivity index (χ2n) is 8.07. The Bertz CT molecular complexity index is 1200. The van der Waals surface area contributed by atoms with Crippen molar-refractivity contribution in [1.82, 2.24) is 9.55 Å². The van der Waals surface area contributed by atoms with Gasteiger partial charge in [0.2, 0.25) is 0 Å². The zero-order valence-corrected chi connectivity index (χ0v) is 22.0. The van der Waals surface area contributed by atoms with Gasteiger partial charge in [-0.15, -0.1) is 0 Å². The van der Waals surface area contributed by atoms with Crippen molar-refractivity contribution in [2.45, 2.75) is 39.2 Å². The van der Waals surface area contributed by atoms with Gasteiger partial charge in [-0.25, -0.2) is 9.78 Å². The highest BCUT2D eigenvalue weighted by molar-refractivity contribution is 9.10. The van der Waals surface area contributed by atoms with Crippen LogP contribution in [0.2, 0.25) is 5.02 Å². The van der Waals surface area contributed by atoms with E-state index in [0.717, 1.165) is 22.4 Å². The molecule has 1 heterocycles. The monoisotopic (exact) mass is 543 g/mol. The fourth-order valence-corrected chi connectivity index (χ4v) is 4.99. The maximum atomic E-state index is 13.0. The molecule has 0 saturated carbocycles. The number of aromatic nitrogens is 2. The van der Waals surface area contributed by atoms with Gasteiger partial charge in [-0.05, 0) is 84.1 Å². The second kappa shape index (κ2) is 11.7. The van der Waals surface area contributed by atoms with E-state index in [1.165, 1.54) is 0 Å². The summed E-state index contributed by atoms with van der Waals surface area (Å²) in [6, 6.07) is 15.3. The first-order valence-electron chi connectivity index (χ1n) is 11.0. The van der Waals surface area contributed by atoms with Crippen LogP contribution in [-0.4, -0.2) is 35.8 Å². The van der Waals surface area contributed by atoms with Crippen LogP contribution in [0.1, 0.15) is 64.2 Å². The highest BCUT2D eigenvalue weighted by Gasteiger charge is 2.32. The number of nitrogens with zero attached hydrogens (tertiary/aromatic N) is 3. The lowest BCUT2D eigenvalue weighted by atomic mass is 9.86. The molecule has 0 aliphatic carbocycles. The van der Waals surface area contributed by atoms with Crippen LogP contribution < -0.4 is 0 Å². The third-order valence-corrected chi connectivity index (χ3v) is 6.52. The van der Waals surface area contributed by atoms with Gasteiger partial charge in [0.05, 0.1) is 36.6 Å². The van der Waals surface area contributed by atoms with E-state index < -0.39 is 5.97 Å². The number of halogens is 2. The number of rotatable bonds is 9. The number of carbonyl (C=O) groups is 1. The first kappa shape index (κ1) is 26.0. The Morgan fingerprint density at radius 2 is 1.97 bits per heavy atom. The standard InChI is InChI=1S/C26H27BrClN3O3/c1-5-34-25(32)23-24(31(26(27)30-23)17(3)15-33-4)22(19-9-7-18(14-29)8-10-19)13-20-12-21(28)11-6-16(20)2/h6-12,17,22H,5,13,15H2,1-4H3/t17-,22?/m1/s1. The smallest absolute Gasteiger partial charge is 0.358 e. The van der Waals surface area contributed by atoms with Crippen LogP contribution >= 0.6 is 27.5 Å². The summed E-state index contributed by atoms with van der Waals surface area (Å²) in [5, 5.41) is 9.93. The molecule has 178 valence electrons. The fraction of sp³-hybridized carbons (Fsp3) is 0.346. The highest BCUT2D eigenvalue weighted by Crippen LogP contribution is 2.37. The third kappa shape index (κ3) is 5.69. The third-order valence-electron chi connectivity index (χ3n) is 5.73. The van der Waals surface area contributed by atoms with Crippen LogP contribution in [0.4, 0.5) is 0 Å². The molecular weight excluding hydrogens is 518 g/mol. The van der Waals surface area contributed by atoms with Gasteiger partial charge in [0, 0.05) is 18.1 Å². The number of benzene rings is 2. The largest absolute Gasteiger partial charge is 0.461 e. The number of carbonyl (C=O) groups excluding carboxylic acids is 1. The van der Waals surface area contributed by atoms with Crippen molar-refractivity contribution in [2.75, 3.05) is 20.3 Å². The van der Waals surface area contributed by atoms with E-state index in [9.17, 15) is 10.1 Å². The maximum Gasteiger partial charge on any atom is 0.358 e. The predicted molar refractivity (Wildman–Crippen MR) is 135 cm³/mol. The molecule has 2 atom stereocenters. The van der Waals surface area contributed by atoms with E-state index in [0.29, 0.717) is 28.3 Å². The maximum absolute atomic E-state index is 13.0. The molecule has 1 unspecified atom stereocenters. The molecule has 6 nitrogen and oxygen atoms in total. The van der Waals surface area contributed by atoms with E-state index in [1.54, 1.807) is 26.2 Å². The fourth-order valence-electron chi connectivity index (χ4n) is 4.08. The van der Waals surface area contributed by atoms with Gasteiger partial charge in [0.25, 0.3) is 0 Å². The molecule has 0 spiro atoms. The quantitative estimate of drug-likeness (QED) is 0.298. The summed E-state index contributed by atoms with van der Waals surface area (Å²) in [4.78, 5) is 17.6. The molecule has 0 amide bonds. The minimum absolute atomic E-state index is 0.105. The zero-order valence-electron chi connectivity index (χ0n) is 19.6. The molecule has 3 aromatic rings. The molecule has 0 N–H and O–H groups in total. The van der Waals surface area contributed by atoms with Gasteiger partial charge in [0.1, 0.15) is 0 Å². The Balaban J connectivity index is 2.27. The molecule has 3 rings (SSSR count). The normalized spacial score (nSPS) is 12.7. The number of aryl methyl sites for hydroxylation is 1. The summed E-state index contributed by atoms with van der Waals surface area (Å²) < 4.78 is 13.3. The van der Waals surface area contributed by atoms with Crippen LogP contribution in [0.15, 0.2) is 47.2 Å². The van der Waals surface area contributed by atoms with E-state index in [1.807, 2.05) is 48.7 Å². The van der Waals surface area contributed by atoms with Crippen LogP contribution in [0.25, 0.3) is 0 Å². The topological polar surface area (TPSA) is 77.1 Å². The molecule has 0 saturated heterocycles. The van der Waals surface area contributed by atoms with Crippen molar-refractivity contribution in [2.24, 2.45) is 0 Å². The number of hydrogen-bond acceptors (Lipinski definition) is 5. The molecule has 0 aliphatic heterocycles. The number of esters is 1. The Morgan fingerprint density at radius 3 is 2.59 bits per heavy atom. The molecule has 0 bridgehead atoms. The molecule has 8 heteroatoms. The van der Waals surface area contributed by atoms with E-state index in [2.05, 4.69) is 27.0 Å². The van der Waals surface area contributed by atoms with Gasteiger partial charge in [-0.1, -0.05) is 29.8 Å². The van der Waals surface area contributed by atoms with Crippen molar-refractivity contribution < 1.29 is 14.3 Å². The first-order valence-corrected chi connectivity index (χ1v) is 12.2. The molecule has 1 aromatic heterocycles. The predicted octanol–water partition coefficient (Wildman–Crippen LogP) is 6.24. The van der Waals surface area contributed by atoms with Crippen molar-refractivity contribution in [3.63, 3.8) is 0 Å². The number of nitriles is 1. The van der Waals surface area contributed by atoms with Crippen molar-refractivity contribution in [3.05, 3.63) is 85.9 Å². The molecule has 0 fully saturated rings. The lowest BCUT2D eigenvalue weighted by molar-refractivity contribution is 0.0517. The van der Waals surface area contributed by atoms with E-state index in [-0.39, 0.29) is 24.3 Å². The van der Waals surface area contributed by atoms with Gasteiger partial charge in [-0.2, -0.15) is 5.26 Å². The van der Waals surface area contributed by atoms with Crippen LogP contribution in [-0.2, 0) is 15.9 Å². The molecule has 34 heavy (non-hydrogen) atoms. The lowest BCUT2D eigenvalue weighted by Gasteiger charge is -2.25. The summed E-state index contributed by atoms with van der Waals surface area (Å²) >= 11 is 9.89. The Hall–Kier alpha value is -2.66. The van der Waals surface area contributed by atoms with Crippen molar-refractivity contribution in [1.29, 1.82) is 5.26 Å². The Morgan fingerprint density at radius 1 is 1.26 bits per heavy atom. The number of methoxy groups -OCH3 is 1. The Labute approximate surface area is 213 Å². The minimum atomic E-state index is -0.483. The van der Waals surface area contributed by atoms with Gasteiger partial charge in [0.15, 0.2) is 10.4 Å². The van der Waals surface area contributed by atoms with Gasteiger partial charge < -0.3 is 14.0 Å². The van der Waals surface area contributed by atoms with E-state index >= 15 is 0 Å². The number of imidazole rings is 1. The van der Waals surface area contributed by atoms with Crippen molar-refractivity contribution >= 4 is 33.5 Å². The van der Waals surface area contributed by atoms with Gasteiger partial charge >= 0.3 is 5.97 Å². The summed E-state index contributed by atoms with van der Waals surface area (Å²) in [6.45, 7) is 6.49. The summed E-state index contributed by atoms with van der Waals surface area (Å²) in [6.07, 6.45) is 0.572. The highest BCUT2D eigenvalue weighted by atomic mass is 79.9. The SMILES string of the molecule is CCOC(=O)c1nc(Br)n([C@H](C)COC)c1C(Cc1cc(Cl)ccc1C)c1ccc(C#N)cc1.